The summed E-state index contributed by atoms with van der Waals surface area (Å²) >= 11 is 0. The second kappa shape index (κ2) is 5.81. The van der Waals surface area contributed by atoms with Crippen LogP contribution in [0.15, 0.2) is 18.2 Å². The van der Waals surface area contributed by atoms with Crippen molar-refractivity contribution in [2.24, 2.45) is 5.92 Å². The summed E-state index contributed by atoms with van der Waals surface area (Å²) in [4.78, 5) is 10.7. The first-order valence-corrected chi connectivity index (χ1v) is 6.52. The molecule has 0 amide bonds. The Kier molecular flexibility index (Phi) is 4.12. The largest absolute Gasteiger partial charge is 0.481 e. The molecule has 0 aliphatic heterocycles. The molecule has 2 aromatic rings. The van der Waals surface area contributed by atoms with Crippen LogP contribution in [0.1, 0.15) is 24.5 Å². The number of hydrogen-bond acceptors (Lipinski definition) is 4. The fourth-order valence-corrected chi connectivity index (χ4v) is 2.30. The van der Waals surface area contributed by atoms with E-state index in [1.807, 2.05) is 32.9 Å². The van der Waals surface area contributed by atoms with E-state index in [0.717, 1.165) is 16.7 Å². The molecular weight excluding hydrogens is 256 g/mol. The monoisotopic (exact) mass is 274 g/mol. The standard InChI is InChI=1S/C14H18N4O2/c1-9-4-10(2)6-12(5-9)14-15-16-17-18(14)8-11(3)7-13(19)20/h4-6,11H,7-8H2,1-3H3,(H,19,20). The van der Waals surface area contributed by atoms with Gasteiger partial charge in [0, 0.05) is 18.5 Å². The smallest absolute Gasteiger partial charge is 0.303 e. The number of carboxylic acids is 1. The zero-order valence-electron chi connectivity index (χ0n) is 11.9. The van der Waals surface area contributed by atoms with Gasteiger partial charge in [0.1, 0.15) is 0 Å². The highest BCUT2D eigenvalue weighted by molar-refractivity contribution is 5.67. The molecule has 0 aliphatic rings. The number of carbonyl (C=O) groups is 1. The number of benzene rings is 1. The normalized spacial score (nSPS) is 12.3. The number of rotatable bonds is 5. The Labute approximate surface area is 117 Å². The first-order chi connectivity index (χ1) is 9.45. The summed E-state index contributed by atoms with van der Waals surface area (Å²) in [5.41, 5.74) is 3.25. The molecule has 0 saturated carbocycles. The van der Waals surface area contributed by atoms with Gasteiger partial charge < -0.3 is 5.11 Å². The topological polar surface area (TPSA) is 80.9 Å². The van der Waals surface area contributed by atoms with Crippen LogP contribution >= 0.6 is 0 Å². The van der Waals surface area contributed by atoms with Gasteiger partial charge in [0.15, 0.2) is 5.82 Å². The Morgan fingerprint density at radius 3 is 2.55 bits per heavy atom. The van der Waals surface area contributed by atoms with E-state index in [1.165, 1.54) is 0 Å². The van der Waals surface area contributed by atoms with E-state index in [0.29, 0.717) is 12.4 Å². The lowest BCUT2D eigenvalue weighted by Crippen LogP contribution is -2.14. The van der Waals surface area contributed by atoms with Crippen LogP contribution in [0, 0.1) is 19.8 Å². The quantitative estimate of drug-likeness (QED) is 0.902. The van der Waals surface area contributed by atoms with Gasteiger partial charge in [-0.1, -0.05) is 24.1 Å². The summed E-state index contributed by atoms with van der Waals surface area (Å²) in [6.07, 6.45) is 0.103. The van der Waals surface area contributed by atoms with E-state index in [9.17, 15) is 4.79 Å². The van der Waals surface area contributed by atoms with Gasteiger partial charge in [0.2, 0.25) is 0 Å². The summed E-state index contributed by atoms with van der Waals surface area (Å²) < 4.78 is 1.67. The maximum absolute atomic E-state index is 10.7. The second-order valence-electron chi connectivity index (χ2n) is 5.26. The summed E-state index contributed by atoms with van der Waals surface area (Å²) in [6.45, 7) is 6.41. The third-order valence-electron chi connectivity index (χ3n) is 3.02. The maximum Gasteiger partial charge on any atom is 0.303 e. The molecule has 106 valence electrons. The Balaban J connectivity index is 2.26. The molecule has 0 radical (unpaired) electrons. The average Bonchev–Trinajstić information content (AvgIpc) is 2.74. The van der Waals surface area contributed by atoms with Crippen LogP contribution < -0.4 is 0 Å². The molecule has 0 aliphatic carbocycles. The fraction of sp³-hybridized carbons (Fsp3) is 0.429. The lowest BCUT2D eigenvalue weighted by atomic mass is 10.1. The summed E-state index contributed by atoms with van der Waals surface area (Å²) in [5.74, 6) is -0.159. The number of hydrogen-bond donors (Lipinski definition) is 1. The highest BCUT2D eigenvalue weighted by Gasteiger charge is 2.14. The van der Waals surface area contributed by atoms with E-state index in [4.69, 9.17) is 5.11 Å². The predicted molar refractivity (Wildman–Crippen MR) is 74.1 cm³/mol. The molecule has 1 atom stereocenters. The molecule has 2 rings (SSSR count). The van der Waals surface area contributed by atoms with E-state index < -0.39 is 5.97 Å². The number of nitrogens with zero attached hydrogens (tertiary/aromatic N) is 4. The zero-order chi connectivity index (χ0) is 14.7. The number of aliphatic carboxylic acids is 1. The van der Waals surface area contributed by atoms with E-state index in [-0.39, 0.29) is 12.3 Å². The second-order valence-corrected chi connectivity index (χ2v) is 5.26. The molecule has 1 aromatic carbocycles. The summed E-state index contributed by atoms with van der Waals surface area (Å²) in [7, 11) is 0. The van der Waals surface area contributed by atoms with Crippen LogP contribution in [0.2, 0.25) is 0 Å². The van der Waals surface area contributed by atoms with Gasteiger partial charge in [-0.3, -0.25) is 4.79 Å². The minimum atomic E-state index is -0.807. The summed E-state index contributed by atoms with van der Waals surface area (Å²) in [6, 6.07) is 6.14. The van der Waals surface area contributed by atoms with Crippen molar-refractivity contribution in [3.05, 3.63) is 29.3 Å². The van der Waals surface area contributed by atoms with Gasteiger partial charge in [-0.25, -0.2) is 4.68 Å². The van der Waals surface area contributed by atoms with Gasteiger partial charge in [-0.05, 0) is 42.3 Å². The molecule has 1 aromatic heterocycles. The Morgan fingerprint density at radius 2 is 1.95 bits per heavy atom. The Bertz CT molecular complexity index is 601. The van der Waals surface area contributed by atoms with Crippen molar-refractivity contribution >= 4 is 5.97 Å². The third kappa shape index (κ3) is 3.40. The van der Waals surface area contributed by atoms with E-state index >= 15 is 0 Å². The van der Waals surface area contributed by atoms with Gasteiger partial charge in [0.25, 0.3) is 0 Å². The third-order valence-corrected chi connectivity index (χ3v) is 3.02. The molecule has 6 nitrogen and oxygen atoms in total. The lowest BCUT2D eigenvalue weighted by molar-refractivity contribution is -0.138. The highest BCUT2D eigenvalue weighted by Crippen LogP contribution is 2.20. The maximum atomic E-state index is 10.7. The highest BCUT2D eigenvalue weighted by atomic mass is 16.4. The molecule has 6 heteroatoms. The van der Waals surface area contributed by atoms with Crippen molar-refractivity contribution in [1.82, 2.24) is 20.2 Å². The molecule has 1 heterocycles. The SMILES string of the molecule is Cc1cc(C)cc(-c2nnnn2CC(C)CC(=O)O)c1. The Hall–Kier alpha value is -2.24. The molecule has 0 fully saturated rings. The number of carboxylic acid groups (broad SMARTS) is 1. The molecule has 1 N–H and O–H groups in total. The first kappa shape index (κ1) is 14.2. The lowest BCUT2D eigenvalue weighted by Gasteiger charge is -2.10. The van der Waals surface area contributed by atoms with Crippen LogP contribution in [0.3, 0.4) is 0 Å². The predicted octanol–water partition coefficient (Wildman–Crippen LogP) is 2.07. The molecule has 0 spiro atoms. The first-order valence-electron chi connectivity index (χ1n) is 6.52. The van der Waals surface area contributed by atoms with Gasteiger partial charge in [-0.15, -0.1) is 5.10 Å². The molecule has 0 saturated heterocycles. The van der Waals surface area contributed by atoms with Crippen molar-refractivity contribution in [3.8, 4) is 11.4 Å². The van der Waals surface area contributed by atoms with Crippen molar-refractivity contribution in [3.63, 3.8) is 0 Å². The van der Waals surface area contributed by atoms with Crippen molar-refractivity contribution in [2.45, 2.75) is 33.7 Å². The van der Waals surface area contributed by atoms with Crippen LogP contribution in [0.4, 0.5) is 0 Å². The van der Waals surface area contributed by atoms with Crippen LogP contribution in [0.25, 0.3) is 11.4 Å². The number of aromatic nitrogens is 4. The van der Waals surface area contributed by atoms with Gasteiger partial charge >= 0.3 is 5.97 Å². The molecule has 1 unspecified atom stereocenters. The van der Waals surface area contributed by atoms with Crippen molar-refractivity contribution in [2.75, 3.05) is 0 Å². The molecule has 20 heavy (non-hydrogen) atoms. The van der Waals surface area contributed by atoms with Gasteiger partial charge in [0.05, 0.1) is 0 Å². The summed E-state index contributed by atoms with van der Waals surface area (Å²) in [5, 5.41) is 20.5. The number of aryl methyl sites for hydroxylation is 2. The van der Waals surface area contributed by atoms with Crippen LogP contribution in [0.5, 0.6) is 0 Å². The average molecular weight is 274 g/mol. The fourth-order valence-electron chi connectivity index (χ4n) is 2.30. The van der Waals surface area contributed by atoms with Gasteiger partial charge in [-0.2, -0.15) is 0 Å². The van der Waals surface area contributed by atoms with Crippen molar-refractivity contribution in [1.29, 1.82) is 0 Å². The zero-order valence-corrected chi connectivity index (χ0v) is 11.9. The minimum Gasteiger partial charge on any atom is -0.481 e. The van der Waals surface area contributed by atoms with Crippen LogP contribution in [-0.4, -0.2) is 31.3 Å². The van der Waals surface area contributed by atoms with E-state index in [2.05, 4.69) is 21.6 Å². The number of tetrazole rings is 1. The Morgan fingerprint density at radius 1 is 1.30 bits per heavy atom. The van der Waals surface area contributed by atoms with Crippen molar-refractivity contribution < 1.29 is 9.90 Å². The van der Waals surface area contributed by atoms with Crippen LogP contribution in [-0.2, 0) is 11.3 Å². The molecular formula is C14H18N4O2. The van der Waals surface area contributed by atoms with E-state index in [1.54, 1.807) is 4.68 Å². The minimum absolute atomic E-state index is 0.0272. The molecule has 0 bridgehead atoms.